The zero-order chi connectivity index (χ0) is 15.2. The summed E-state index contributed by atoms with van der Waals surface area (Å²) >= 11 is 8.39. The standard InChI is InChI=1S/C17H23ClINO/c1-2-3-4-12-5-7-13(8-6-12)17(21)20-16-10-9-14(19)11-15(16)18/h9-13H,2-8H2,1H3,(H,20,21). The molecule has 0 heterocycles. The molecule has 4 heteroatoms. The van der Waals surface area contributed by atoms with Crippen molar-refractivity contribution in [2.24, 2.45) is 11.8 Å². The van der Waals surface area contributed by atoms with Gasteiger partial charge in [-0.3, -0.25) is 4.79 Å². The molecule has 1 aromatic carbocycles. The second-order valence-corrected chi connectivity index (χ2v) is 7.63. The van der Waals surface area contributed by atoms with Gasteiger partial charge in [-0.1, -0.05) is 37.8 Å². The van der Waals surface area contributed by atoms with Gasteiger partial charge in [0.2, 0.25) is 5.91 Å². The molecule has 0 atom stereocenters. The molecular weight excluding hydrogens is 397 g/mol. The molecule has 0 bridgehead atoms. The van der Waals surface area contributed by atoms with Crippen molar-refractivity contribution in [1.29, 1.82) is 0 Å². The van der Waals surface area contributed by atoms with Gasteiger partial charge in [0.25, 0.3) is 0 Å². The van der Waals surface area contributed by atoms with E-state index in [1.165, 1.54) is 32.1 Å². The number of halogens is 2. The minimum absolute atomic E-state index is 0.132. The van der Waals surface area contributed by atoms with Crippen LogP contribution in [0.1, 0.15) is 51.9 Å². The monoisotopic (exact) mass is 419 g/mol. The molecule has 1 fully saturated rings. The van der Waals surface area contributed by atoms with Crippen LogP contribution in [0.2, 0.25) is 5.02 Å². The van der Waals surface area contributed by atoms with Gasteiger partial charge in [0.1, 0.15) is 0 Å². The van der Waals surface area contributed by atoms with Crippen LogP contribution < -0.4 is 5.32 Å². The zero-order valence-electron chi connectivity index (χ0n) is 12.5. The van der Waals surface area contributed by atoms with Crippen LogP contribution in [0.15, 0.2) is 18.2 Å². The van der Waals surface area contributed by atoms with Crippen LogP contribution in [0.3, 0.4) is 0 Å². The summed E-state index contributed by atoms with van der Waals surface area (Å²) in [5.41, 5.74) is 0.732. The van der Waals surface area contributed by atoms with Crippen LogP contribution >= 0.6 is 34.2 Å². The third kappa shape index (κ3) is 5.13. The highest BCUT2D eigenvalue weighted by atomic mass is 127. The molecule has 21 heavy (non-hydrogen) atoms. The van der Waals surface area contributed by atoms with Crippen molar-refractivity contribution in [3.8, 4) is 0 Å². The second-order valence-electron chi connectivity index (χ2n) is 5.97. The minimum atomic E-state index is 0.132. The van der Waals surface area contributed by atoms with Gasteiger partial charge in [0.05, 0.1) is 10.7 Å². The molecule has 1 aliphatic rings. The Kier molecular flexibility index (Phi) is 6.80. The smallest absolute Gasteiger partial charge is 0.227 e. The molecule has 0 radical (unpaired) electrons. The summed E-state index contributed by atoms with van der Waals surface area (Å²) < 4.78 is 1.08. The van der Waals surface area contributed by atoms with E-state index in [9.17, 15) is 4.79 Å². The van der Waals surface area contributed by atoms with E-state index < -0.39 is 0 Å². The average molecular weight is 420 g/mol. The lowest BCUT2D eigenvalue weighted by molar-refractivity contribution is -0.121. The number of anilines is 1. The van der Waals surface area contributed by atoms with E-state index in [0.29, 0.717) is 5.02 Å². The molecule has 2 rings (SSSR count). The number of hydrogen-bond donors (Lipinski definition) is 1. The Balaban J connectivity index is 1.84. The van der Waals surface area contributed by atoms with Crippen molar-refractivity contribution in [2.75, 3.05) is 5.32 Å². The number of carbonyl (C=O) groups excluding carboxylic acids is 1. The summed E-state index contributed by atoms with van der Waals surface area (Å²) in [5.74, 6) is 1.11. The highest BCUT2D eigenvalue weighted by Gasteiger charge is 2.26. The molecule has 1 aliphatic carbocycles. The summed E-state index contributed by atoms with van der Waals surface area (Å²) in [7, 11) is 0. The Hall–Kier alpha value is -0.290. The van der Waals surface area contributed by atoms with Gasteiger partial charge in [-0.2, -0.15) is 0 Å². The maximum atomic E-state index is 12.4. The van der Waals surface area contributed by atoms with Crippen LogP contribution in [0.25, 0.3) is 0 Å². The first-order chi connectivity index (χ1) is 10.1. The lowest BCUT2D eigenvalue weighted by atomic mass is 9.79. The highest BCUT2D eigenvalue weighted by molar-refractivity contribution is 14.1. The van der Waals surface area contributed by atoms with E-state index in [1.54, 1.807) is 0 Å². The van der Waals surface area contributed by atoms with Crippen molar-refractivity contribution < 1.29 is 4.79 Å². The topological polar surface area (TPSA) is 29.1 Å². The summed E-state index contributed by atoms with van der Waals surface area (Å²) in [6.07, 6.45) is 8.33. The quantitative estimate of drug-likeness (QED) is 0.593. The summed E-state index contributed by atoms with van der Waals surface area (Å²) in [5, 5.41) is 3.61. The van der Waals surface area contributed by atoms with Crippen LogP contribution in [-0.2, 0) is 4.79 Å². The predicted octanol–water partition coefficient (Wildman–Crippen LogP) is 5.88. The lowest BCUT2D eigenvalue weighted by Crippen LogP contribution is -2.27. The Labute approximate surface area is 146 Å². The van der Waals surface area contributed by atoms with E-state index >= 15 is 0 Å². The van der Waals surface area contributed by atoms with Crippen LogP contribution in [0.5, 0.6) is 0 Å². The molecular formula is C17H23ClINO. The number of benzene rings is 1. The fraction of sp³-hybridized carbons (Fsp3) is 0.588. The molecule has 1 aromatic rings. The maximum absolute atomic E-state index is 12.4. The van der Waals surface area contributed by atoms with Crippen molar-refractivity contribution in [3.63, 3.8) is 0 Å². The summed E-state index contributed by atoms with van der Waals surface area (Å²) in [6.45, 7) is 2.24. The Morgan fingerprint density at radius 2 is 2.05 bits per heavy atom. The molecule has 0 spiro atoms. The number of rotatable bonds is 5. The van der Waals surface area contributed by atoms with E-state index in [0.717, 1.165) is 28.0 Å². The molecule has 1 N–H and O–H groups in total. The predicted molar refractivity (Wildman–Crippen MR) is 97.8 cm³/mol. The van der Waals surface area contributed by atoms with Crippen molar-refractivity contribution in [2.45, 2.75) is 51.9 Å². The van der Waals surface area contributed by atoms with Gasteiger partial charge in [-0.05, 0) is 72.4 Å². The minimum Gasteiger partial charge on any atom is -0.325 e. The van der Waals surface area contributed by atoms with Crippen molar-refractivity contribution >= 4 is 45.8 Å². The second kappa shape index (κ2) is 8.37. The molecule has 0 saturated heterocycles. The summed E-state index contributed by atoms with van der Waals surface area (Å²) in [4.78, 5) is 12.4. The lowest BCUT2D eigenvalue weighted by Gasteiger charge is -2.27. The van der Waals surface area contributed by atoms with Gasteiger partial charge < -0.3 is 5.32 Å². The Morgan fingerprint density at radius 3 is 2.67 bits per heavy atom. The van der Waals surface area contributed by atoms with Gasteiger partial charge >= 0.3 is 0 Å². The Morgan fingerprint density at radius 1 is 1.33 bits per heavy atom. The zero-order valence-corrected chi connectivity index (χ0v) is 15.4. The van der Waals surface area contributed by atoms with Crippen LogP contribution in [0, 0.1) is 15.4 Å². The van der Waals surface area contributed by atoms with Crippen molar-refractivity contribution in [1.82, 2.24) is 0 Å². The fourth-order valence-corrected chi connectivity index (χ4v) is 3.93. The number of hydrogen-bond acceptors (Lipinski definition) is 1. The molecule has 0 aromatic heterocycles. The number of unbranched alkanes of at least 4 members (excludes halogenated alkanes) is 1. The van der Waals surface area contributed by atoms with Gasteiger partial charge in [-0.15, -0.1) is 0 Å². The third-order valence-corrected chi connectivity index (χ3v) is 5.36. The largest absolute Gasteiger partial charge is 0.325 e. The van der Waals surface area contributed by atoms with Gasteiger partial charge in [0.15, 0.2) is 0 Å². The van der Waals surface area contributed by atoms with E-state index in [-0.39, 0.29) is 11.8 Å². The molecule has 116 valence electrons. The third-order valence-electron chi connectivity index (χ3n) is 4.37. The van der Waals surface area contributed by atoms with Crippen LogP contribution in [0.4, 0.5) is 5.69 Å². The molecule has 1 saturated carbocycles. The first kappa shape index (κ1) is 17.1. The molecule has 2 nitrogen and oxygen atoms in total. The number of amides is 1. The first-order valence-corrected chi connectivity index (χ1v) is 9.31. The van der Waals surface area contributed by atoms with Gasteiger partial charge in [0, 0.05) is 9.49 Å². The number of nitrogens with one attached hydrogen (secondary N) is 1. The van der Waals surface area contributed by atoms with E-state index in [2.05, 4.69) is 34.8 Å². The highest BCUT2D eigenvalue weighted by Crippen LogP contribution is 2.33. The molecule has 0 unspecified atom stereocenters. The normalized spacial score (nSPS) is 22.0. The summed E-state index contributed by atoms with van der Waals surface area (Å²) in [6, 6.07) is 5.72. The maximum Gasteiger partial charge on any atom is 0.227 e. The van der Waals surface area contributed by atoms with E-state index in [1.807, 2.05) is 18.2 Å². The van der Waals surface area contributed by atoms with E-state index in [4.69, 9.17) is 11.6 Å². The Bertz CT molecular complexity index is 484. The van der Waals surface area contributed by atoms with Gasteiger partial charge in [-0.25, -0.2) is 0 Å². The molecule has 1 amide bonds. The average Bonchev–Trinajstić information content (AvgIpc) is 2.48. The number of carbonyl (C=O) groups is 1. The van der Waals surface area contributed by atoms with Crippen molar-refractivity contribution in [3.05, 3.63) is 26.8 Å². The first-order valence-electron chi connectivity index (χ1n) is 7.86. The van der Waals surface area contributed by atoms with Crippen LogP contribution in [-0.4, -0.2) is 5.91 Å². The SMILES string of the molecule is CCCCC1CCC(C(=O)Nc2ccc(I)cc2Cl)CC1. The molecule has 0 aliphatic heterocycles. The fourth-order valence-electron chi connectivity index (χ4n) is 3.03.